The van der Waals surface area contributed by atoms with Gasteiger partial charge in [0.1, 0.15) is 6.10 Å². The molecule has 0 heterocycles. The summed E-state index contributed by atoms with van der Waals surface area (Å²) in [5.74, 6) is 0.254. The Morgan fingerprint density at radius 3 is 1.88 bits per heavy atom. The molecule has 0 spiro atoms. The molecule has 0 aliphatic heterocycles. The molecule has 4 rings (SSSR count). The van der Waals surface area contributed by atoms with E-state index in [9.17, 15) is 0 Å². The zero-order valence-corrected chi connectivity index (χ0v) is 19.8. The normalized spacial score (nSPS) is 16.6. The number of rotatable bonds is 8. The second-order valence-electron chi connectivity index (χ2n) is 9.02. The maximum Gasteiger partial charge on any atom is 0.108 e. The van der Waals surface area contributed by atoms with Gasteiger partial charge in [0.05, 0.1) is 0 Å². The Kier molecular flexibility index (Phi) is 7.07. The highest BCUT2D eigenvalue weighted by Crippen LogP contribution is 2.44. The molecule has 3 aromatic rings. The second kappa shape index (κ2) is 10.1. The highest BCUT2D eigenvalue weighted by molar-refractivity contribution is 5.84. The number of aryl methyl sites for hydroxylation is 3. The lowest BCUT2D eigenvalue weighted by Gasteiger charge is -2.23. The SMILES string of the molecule is CCCCO[C@@H](C1=CC(c2ccc(C)cc2)C=C1c1ccc(C)cc1)c1ccc(C)cc1. The topological polar surface area (TPSA) is 9.23 Å². The highest BCUT2D eigenvalue weighted by atomic mass is 16.5. The van der Waals surface area contributed by atoms with E-state index in [4.69, 9.17) is 4.74 Å². The fraction of sp³-hybridized carbons (Fsp3) is 0.290. The van der Waals surface area contributed by atoms with Gasteiger partial charge in [-0.05, 0) is 55.0 Å². The number of allylic oxidation sites excluding steroid dienone is 2. The number of ether oxygens (including phenoxy) is 1. The van der Waals surface area contributed by atoms with Gasteiger partial charge in [0.25, 0.3) is 0 Å². The molecule has 0 saturated heterocycles. The summed E-state index contributed by atoms with van der Waals surface area (Å²) in [6.07, 6.45) is 6.96. The Labute approximate surface area is 193 Å². The molecule has 1 heteroatoms. The molecule has 0 N–H and O–H groups in total. The summed E-state index contributed by atoms with van der Waals surface area (Å²) < 4.78 is 6.56. The van der Waals surface area contributed by atoms with Crippen molar-refractivity contribution in [3.8, 4) is 0 Å². The monoisotopic (exact) mass is 422 g/mol. The van der Waals surface area contributed by atoms with Gasteiger partial charge in [-0.1, -0.05) is 115 Å². The standard InChI is InChI=1S/C31H34O/c1-5-6-19-32-31(27-17-11-24(4)12-18-27)30-21-28(25-13-7-22(2)8-14-25)20-29(30)26-15-9-23(3)10-16-26/h7-18,20-21,28,31H,5-6,19H2,1-4H3/t28?,31-/m1/s1. The summed E-state index contributed by atoms with van der Waals surface area (Å²) in [4.78, 5) is 0. The predicted octanol–water partition coefficient (Wildman–Crippen LogP) is 8.28. The first-order valence-electron chi connectivity index (χ1n) is 11.8. The molecule has 1 aliphatic carbocycles. The zero-order chi connectivity index (χ0) is 22.5. The number of benzene rings is 3. The molecule has 0 radical (unpaired) electrons. The van der Waals surface area contributed by atoms with Crippen molar-refractivity contribution in [2.75, 3.05) is 6.61 Å². The van der Waals surface area contributed by atoms with Crippen LogP contribution < -0.4 is 0 Å². The maximum atomic E-state index is 6.56. The third kappa shape index (κ3) is 5.11. The third-order valence-electron chi connectivity index (χ3n) is 6.29. The molecule has 164 valence electrons. The summed E-state index contributed by atoms with van der Waals surface area (Å²) >= 11 is 0. The second-order valence-corrected chi connectivity index (χ2v) is 9.02. The number of unbranched alkanes of at least 4 members (excludes halogenated alkanes) is 1. The molecule has 0 amide bonds. The first-order chi connectivity index (χ1) is 15.5. The van der Waals surface area contributed by atoms with Crippen molar-refractivity contribution in [1.29, 1.82) is 0 Å². The summed E-state index contributed by atoms with van der Waals surface area (Å²) in [5.41, 5.74) is 10.2. The van der Waals surface area contributed by atoms with Crippen LogP contribution in [-0.4, -0.2) is 6.61 Å². The molecule has 2 atom stereocenters. The van der Waals surface area contributed by atoms with Gasteiger partial charge in [-0.25, -0.2) is 0 Å². The Bertz CT molecular complexity index is 1080. The molecule has 0 bridgehead atoms. The molecular formula is C31H34O. The van der Waals surface area contributed by atoms with Crippen LogP contribution in [0.5, 0.6) is 0 Å². The molecule has 1 unspecified atom stereocenters. The van der Waals surface area contributed by atoms with Gasteiger partial charge in [0, 0.05) is 12.5 Å². The maximum absolute atomic E-state index is 6.56. The molecule has 0 saturated carbocycles. The quantitative estimate of drug-likeness (QED) is 0.332. The van der Waals surface area contributed by atoms with Crippen molar-refractivity contribution in [2.24, 2.45) is 0 Å². The summed E-state index contributed by atoms with van der Waals surface area (Å²) in [5, 5.41) is 0. The molecule has 1 aliphatic rings. The van der Waals surface area contributed by atoms with Crippen LogP contribution in [0.4, 0.5) is 0 Å². The number of hydrogen-bond donors (Lipinski definition) is 0. The predicted molar refractivity (Wildman–Crippen MR) is 136 cm³/mol. The summed E-state index contributed by atoms with van der Waals surface area (Å²) in [7, 11) is 0. The summed E-state index contributed by atoms with van der Waals surface area (Å²) in [6, 6.07) is 26.6. The third-order valence-corrected chi connectivity index (χ3v) is 6.29. The average Bonchev–Trinajstić information content (AvgIpc) is 3.23. The van der Waals surface area contributed by atoms with Gasteiger partial charge in [-0.2, -0.15) is 0 Å². The first-order valence-corrected chi connectivity index (χ1v) is 11.8. The van der Waals surface area contributed by atoms with Crippen LogP contribution in [-0.2, 0) is 4.74 Å². The van der Waals surface area contributed by atoms with Crippen LogP contribution in [0.25, 0.3) is 5.57 Å². The van der Waals surface area contributed by atoms with E-state index in [0.29, 0.717) is 0 Å². The molecule has 32 heavy (non-hydrogen) atoms. The fourth-order valence-electron chi connectivity index (χ4n) is 4.27. The van der Waals surface area contributed by atoms with E-state index in [-0.39, 0.29) is 12.0 Å². The van der Waals surface area contributed by atoms with Crippen molar-refractivity contribution in [3.63, 3.8) is 0 Å². The summed E-state index contributed by atoms with van der Waals surface area (Å²) in [6.45, 7) is 9.40. The van der Waals surface area contributed by atoms with E-state index < -0.39 is 0 Å². The van der Waals surface area contributed by atoms with E-state index in [1.807, 2.05) is 0 Å². The van der Waals surface area contributed by atoms with Crippen molar-refractivity contribution < 1.29 is 4.74 Å². The van der Waals surface area contributed by atoms with Crippen LogP contribution in [0.2, 0.25) is 0 Å². The van der Waals surface area contributed by atoms with Crippen LogP contribution in [0.3, 0.4) is 0 Å². The van der Waals surface area contributed by atoms with Gasteiger partial charge in [-0.3, -0.25) is 0 Å². The Hall–Kier alpha value is -2.90. The van der Waals surface area contributed by atoms with Crippen LogP contribution in [0.1, 0.15) is 65.2 Å². The lowest BCUT2D eigenvalue weighted by molar-refractivity contribution is 0.0782. The van der Waals surface area contributed by atoms with Crippen molar-refractivity contribution in [1.82, 2.24) is 0 Å². The van der Waals surface area contributed by atoms with Gasteiger partial charge in [-0.15, -0.1) is 0 Å². The van der Waals surface area contributed by atoms with Crippen LogP contribution in [0.15, 0.2) is 90.5 Å². The minimum absolute atomic E-state index is 0.0647. The molecule has 1 nitrogen and oxygen atoms in total. The van der Waals surface area contributed by atoms with Crippen molar-refractivity contribution in [3.05, 3.63) is 124 Å². The Balaban J connectivity index is 1.78. The van der Waals surface area contributed by atoms with E-state index >= 15 is 0 Å². The van der Waals surface area contributed by atoms with Gasteiger partial charge in [0.2, 0.25) is 0 Å². The van der Waals surface area contributed by atoms with E-state index in [0.717, 1.165) is 19.4 Å². The lowest BCUT2D eigenvalue weighted by Crippen LogP contribution is -2.09. The average molecular weight is 423 g/mol. The minimum Gasteiger partial charge on any atom is -0.369 e. The Morgan fingerprint density at radius 2 is 1.28 bits per heavy atom. The van der Waals surface area contributed by atoms with Crippen molar-refractivity contribution in [2.45, 2.75) is 52.6 Å². The Morgan fingerprint density at radius 1 is 0.719 bits per heavy atom. The van der Waals surface area contributed by atoms with E-state index in [2.05, 4.69) is 113 Å². The van der Waals surface area contributed by atoms with Crippen LogP contribution >= 0.6 is 0 Å². The van der Waals surface area contributed by atoms with Gasteiger partial charge in [0.15, 0.2) is 0 Å². The van der Waals surface area contributed by atoms with E-state index in [1.54, 1.807) is 0 Å². The van der Waals surface area contributed by atoms with Crippen LogP contribution in [0, 0.1) is 20.8 Å². The number of hydrogen-bond acceptors (Lipinski definition) is 1. The fourth-order valence-corrected chi connectivity index (χ4v) is 4.27. The highest BCUT2D eigenvalue weighted by Gasteiger charge is 2.28. The molecule has 3 aromatic carbocycles. The van der Waals surface area contributed by atoms with Crippen molar-refractivity contribution >= 4 is 5.57 Å². The molecule has 0 fully saturated rings. The van der Waals surface area contributed by atoms with Gasteiger partial charge < -0.3 is 4.74 Å². The first kappa shape index (κ1) is 22.3. The largest absolute Gasteiger partial charge is 0.369 e. The zero-order valence-electron chi connectivity index (χ0n) is 19.8. The van der Waals surface area contributed by atoms with Gasteiger partial charge >= 0.3 is 0 Å². The molecular weight excluding hydrogens is 388 g/mol. The lowest BCUT2D eigenvalue weighted by atomic mass is 9.92. The van der Waals surface area contributed by atoms with E-state index in [1.165, 1.54) is 44.5 Å². The molecule has 0 aromatic heterocycles. The smallest absolute Gasteiger partial charge is 0.108 e. The minimum atomic E-state index is -0.0647.